The molecular weight excluding hydrogens is 339 g/mol. The average molecular weight is 362 g/mol. The van der Waals surface area contributed by atoms with E-state index in [4.69, 9.17) is 9.26 Å². The minimum absolute atomic E-state index is 0.0416. The van der Waals surface area contributed by atoms with Crippen molar-refractivity contribution in [2.45, 2.75) is 19.4 Å². The van der Waals surface area contributed by atoms with Crippen molar-refractivity contribution in [1.29, 1.82) is 0 Å². The molecule has 3 rings (SSSR count). The third-order valence-corrected chi connectivity index (χ3v) is 4.41. The van der Waals surface area contributed by atoms with Gasteiger partial charge in [-0.15, -0.1) is 0 Å². The van der Waals surface area contributed by atoms with Crippen molar-refractivity contribution in [1.82, 2.24) is 20.4 Å². The van der Waals surface area contributed by atoms with Gasteiger partial charge in [-0.1, -0.05) is 5.16 Å². The summed E-state index contributed by atoms with van der Waals surface area (Å²) in [5, 5.41) is 6.85. The van der Waals surface area contributed by atoms with E-state index in [1.54, 1.807) is 19.2 Å². The standard InChI is InChI=1S/C18H23FN4O3/c1-25-10-8-20-18(24)14-3-2-9-23(11-14)12-16-21-17(22-26-16)13-4-6-15(19)7-5-13/h4-7,14H,2-3,8-12H2,1H3,(H,20,24). The molecule has 1 fully saturated rings. The number of likely N-dealkylation sites (tertiary alicyclic amines) is 1. The number of hydrogen-bond donors (Lipinski definition) is 1. The highest BCUT2D eigenvalue weighted by Gasteiger charge is 2.26. The number of benzene rings is 1. The number of nitrogens with zero attached hydrogens (tertiary/aromatic N) is 3. The summed E-state index contributed by atoms with van der Waals surface area (Å²) in [6, 6.07) is 5.96. The molecule has 0 spiro atoms. The van der Waals surface area contributed by atoms with Crippen LogP contribution in [0.3, 0.4) is 0 Å². The van der Waals surface area contributed by atoms with Crippen molar-refractivity contribution in [3.63, 3.8) is 0 Å². The Hall–Kier alpha value is -2.32. The Morgan fingerprint density at radius 2 is 2.23 bits per heavy atom. The first kappa shape index (κ1) is 18.5. The average Bonchev–Trinajstić information content (AvgIpc) is 3.11. The summed E-state index contributed by atoms with van der Waals surface area (Å²) in [6.45, 7) is 3.08. The zero-order valence-electron chi connectivity index (χ0n) is 14.8. The van der Waals surface area contributed by atoms with Gasteiger partial charge in [0.15, 0.2) is 0 Å². The second kappa shape index (κ2) is 8.86. The largest absolute Gasteiger partial charge is 0.383 e. The molecule has 8 heteroatoms. The fourth-order valence-corrected chi connectivity index (χ4v) is 3.06. The number of rotatable bonds is 7. The summed E-state index contributed by atoms with van der Waals surface area (Å²) < 4.78 is 23.3. The van der Waals surface area contributed by atoms with Crippen LogP contribution in [0.15, 0.2) is 28.8 Å². The number of carbonyl (C=O) groups is 1. The maximum absolute atomic E-state index is 13.0. The van der Waals surface area contributed by atoms with Crippen molar-refractivity contribution >= 4 is 5.91 Å². The van der Waals surface area contributed by atoms with E-state index >= 15 is 0 Å². The molecule has 1 aliphatic rings. The number of halogens is 1. The van der Waals surface area contributed by atoms with Gasteiger partial charge in [0.1, 0.15) is 5.82 Å². The molecule has 0 saturated carbocycles. The third kappa shape index (κ3) is 4.86. The lowest BCUT2D eigenvalue weighted by Crippen LogP contribution is -2.43. The monoisotopic (exact) mass is 362 g/mol. The second-order valence-electron chi connectivity index (χ2n) is 6.38. The zero-order valence-corrected chi connectivity index (χ0v) is 14.8. The second-order valence-corrected chi connectivity index (χ2v) is 6.38. The van der Waals surface area contributed by atoms with E-state index in [1.165, 1.54) is 12.1 Å². The molecule has 1 atom stereocenters. The Bertz CT molecular complexity index is 719. The molecule has 1 amide bonds. The Balaban J connectivity index is 1.55. The van der Waals surface area contributed by atoms with E-state index in [0.717, 1.165) is 19.4 Å². The van der Waals surface area contributed by atoms with Gasteiger partial charge in [-0.2, -0.15) is 4.98 Å². The molecule has 7 nitrogen and oxygen atoms in total. The van der Waals surface area contributed by atoms with Gasteiger partial charge in [-0.25, -0.2) is 4.39 Å². The van der Waals surface area contributed by atoms with Crippen molar-refractivity contribution in [2.24, 2.45) is 5.92 Å². The summed E-state index contributed by atoms with van der Waals surface area (Å²) in [6.07, 6.45) is 1.82. The number of aromatic nitrogens is 2. The van der Waals surface area contributed by atoms with Crippen molar-refractivity contribution in [2.75, 3.05) is 33.4 Å². The predicted octanol–water partition coefficient (Wildman–Crippen LogP) is 1.85. The Morgan fingerprint density at radius 3 is 3.00 bits per heavy atom. The molecule has 26 heavy (non-hydrogen) atoms. The van der Waals surface area contributed by atoms with Crippen molar-refractivity contribution in [3.05, 3.63) is 36.0 Å². The van der Waals surface area contributed by atoms with Crippen LogP contribution in [0, 0.1) is 11.7 Å². The lowest BCUT2D eigenvalue weighted by atomic mass is 9.97. The molecule has 1 N–H and O–H groups in total. The lowest BCUT2D eigenvalue weighted by molar-refractivity contribution is -0.127. The number of amides is 1. The summed E-state index contributed by atoms with van der Waals surface area (Å²) in [7, 11) is 1.61. The first-order valence-corrected chi connectivity index (χ1v) is 8.73. The molecular formula is C18H23FN4O3. The third-order valence-electron chi connectivity index (χ3n) is 4.41. The smallest absolute Gasteiger partial charge is 0.241 e. The van der Waals surface area contributed by atoms with Crippen LogP contribution in [-0.2, 0) is 16.1 Å². The van der Waals surface area contributed by atoms with E-state index in [2.05, 4.69) is 20.4 Å². The van der Waals surface area contributed by atoms with Crippen LogP contribution in [-0.4, -0.2) is 54.3 Å². The van der Waals surface area contributed by atoms with Gasteiger partial charge in [-0.3, -0.25) is 9.69 Å². The number of piperidine rings is 1. The summed E-state index contributed by atoms with van der Waals surface area (Å²) in [5.74, 6) is 0.639. The topological polar surface area (TPSA) is 80.5 Å². The van der Waals surface area contributed by atoms with Crippen LogP contribution in [0.1, 0.15) is 18.7 Å². The highest BCUT2D eigenvalue weighted by atomic mass is 19.1. The van der Waals surface area contributed by atoms with Crippen LogP contribution in [0.25, 0.3) is 11.4 Å². The number of methoxy groups -OCH3 is 1. The molecule has 2 aromatic rings. The van der Waals surface area contributed by atoms with E-state index in [1.807, 2.05) is 0 Å². The van der Waals surface area contributed by atoms with Gasteiger partial charge in [0.2, 0.25) is 17.6 Å². The van der Waals surface area contributed by atoms with Crippen LogP contribution in [0.5, 0.6) is 0 Å². The van der Waals surface area contributed by atoms with Crippen molar-refractivity contribution in [3.8, 4) is 11.4 Å². The molecule has 2 heterocycles. The molecule has 0 bridgehead atoms. The first-order chi connectivity index (χ1) is 12.7. The fourth-order valence-electron chi connectivity index (χ4n) is 3.06. The Morgan fingerprint density at radius 1 is 1.42 bits per heavy atom. The normalized spacial score (nSPS) is 18.0. The van der Waals surface area contributed by atoms with Crippen molar-refractivity contribution < 1.29 is 18.4 Å². The van der Waals surface area contributed by atoms with E-state index < -0.39 is 0 Å². The molecule has 1 aliphatic heterocycles. The number of hydrogen-bond acceptors (Lipinski definition) is 6. The van der Waals surface area contributed by atoms with Crippen LogP contribution < -0.4 is 5.32 Å². The van der Waals surface area contributed by atoms with Crippen LogP contribution in [0.4, 0.5) is 4.39 Å². The first-order valence-electron chi connectivity index (χ1n) is 8.73. The van der Waals surface area contributed by atoms with Crippen LogP contribution in [0.2, 0.25) is 0 Å². The minimum atomic E-state index is -0.305. The Kier molecular flexibility index (Phi) is 6.30. The summed E-state index contributed by atoms with van der Waals surface area (Å²) >= 11 is 0. The summed E-state index contributed by atoms with van der Waals surface area (Å²) in [5.41, 5.74) is 0.704. The molecule has 1 saturated heterocycles. The van der Waals surface area contributed by atoms with Gasteiger partial charge in [0.25, 0.3) is 0 Å². The molecule has 1 aromatic heterocycles. The highest BCUT2D eigenvalue weighted by molar-refractivity contribution is 5.78. The lowest BCUT2D eigenvalue weighted by Gasteiger charge is -2.30. The van der Waals surface area contributed by atoms with Gasteiger partial charge in [-0.05, 0) is 43.7 Å². The number of ether oxygens (including phenoxy) is 1. The summed E-state index contributed by atoms with van der Waals surface area (Å²) in [4.78, 5) is 18.7. The van der Waals surface area contributed by atoms with E-state index in [-0.39, 0.29) is 17.6 Å². The van der Waals surface area contributed by atoms with E-state index in [0.29, 0.717) is 43.5 Å². The quantitative estimate of drug-likeness (QED) is 0.757. The molecule has 0 aliphatic carbocycles. The van der Waals surface area contributed by atoms with Gasteiger partial charge < -0.3 is 14.6 Å². The molecule has 0 radical (unpaired) electrons. The van der Waals surface area contributed by atoms with Gasteiger partial charge in [0, 0.05) is 25.8 Å². The SMILES string of the molecule is COCCNC(=O)C1CCCN(Cc2nc(-c3ccc(F)cc3)no2)C1. The molecule has 1 unspecified atom stereocenters. The predicted molar refractivity (Wildman–Crippen MR) is 92.6 cm³/mol. The zero-order chi connectivity index (χ0) is 18.4. The maximum atomic E-state index is 13.0. The number of carbonyl (C=O) groups excluding carboxylic acids is 1. The fraction of sp³-hybridized carbons (Fsp3) is 0.500. The number of nitrogens with one attached hydrogen (secondary N) is 1. The minimum Gasteiger partial charge on any atom is -0.383 e. The van der Waals surface area contributed by atoms with Gasteiger partial charge >= 0.3 is 0 Å². The van der Waals surface area contributed by atoms with Crippen LogP contribution >= 0.6 is 0 Å². The molecule has 1 aromatic carbocycles. The molecule has 140 valence electrons. The van der Waals surface area contributed by atoms with E-state index in [9.17, 15) is 9.18 Å². The Labute approximate surface area is 151 Å². The highest BCUT2D eigenvalue weighted by Crippen LogP contribution is 2.20. The maximum Gasteiger partial charge on any atom is 0.241 e. The van der Waals surface area contributed by atoms with Gasteiger partial charge in [0.05, 0.1) is 19.1 Å².